The Bertz CT molecular complexity index is 698. The Hall–Kier alpha value is -1.54. The number of H-pyrrole nitrogens is 1. The highest BCUT2D eigenvalue weighted by molar-refractivity contribution is 6.38. The number of nitrogens with zero attached hydrogens (tertiary/aromatic N) is 1. The number of fused-ring (bicyclic) bond motifs is 3. The van der Waals surface area contributed by atoms with Crippen LogP contribution in [0.4, 0.5) is 0 Å². The molecule has 2 nitrogen and oxygen atoms in total. The molecule has 0 atom stereocenters. The van der Waals surface area contributed by atoms with Crippen molar-refractivity contribution in [2.45, 2.75) is 13.8 Å². The van der Waals surface area contributed by atoms with Crippen LogP contribution >= 0.6 is 11.6 Å². The van der Waals surface area contributed by atoms with Gasteiger partial charge in [-0.05, 0) is 37.1 Å². The van der Waals surface area contributed by atoms with E-state index in [1.54, 1.807) is 0 Å². The predicted octanol–water partition coefficient (Wildman–Crippen LogP) is 3.99. The van der Waals surface area contributed by atoms with Crippen molar-refractivity contribution in [2.24, 2.45) is 0 Å². The fourth-order valence-electron chi connectivity index (χ4n) is 2.08. The molecule has 16 heavy (non-hydrogen) atoms. The van der Waals surface area contributed by atoms with Gasteiger partial charge in [-0.1, -0.05) is 17.7 Å². The second-order valence-electron chi connectivity index (χ2n) is 4.15. The normalized spacial score (nSPS) is 11.4. The summed E-state index contributed by atoms with van der Waals surface area (Å²) in [6, 6.07) is 6.08. The Labute approximate surface area is 98.3 Å². The summed E-state index contributed by atoms with van der Waals surface area (Å²) in [4.78, 5) is 7.70. The van der Waals surface area contributed by atoms with Crippen LogP contribution in [-0.2, 0) is 0 Å². The number of aromatic nitrogens is 2. The summed E-state index contributed by atoms with van der Waals surface area (Å²) in [7, 11) is 0. The number of hydrogen-bond donors (Lipinski definition) is 1. The molecule has 0 amide bonds. The largest absolute Gasteiger partial charge is 0.339 e. The molecule has 3 rings (SSSR count). The Balaban J connectivity index is 2.62. The number of aryl methyl sites for hydroxylation is 2. The van der Waals surface area contributed by atoms with Crippen LogP contribution in [0.1, 0.15) is 11.1 Å². The Morgan fingerprint density at radius 2 is 2.06 bits per heavy atom. The van der Waals surface area contributed by atoms with Crippen LogP contribution in [0.3, 0.4) is 0 Å². The van der Waals surface area contributed by atoms with Crippen LogP contribution < -0.4 is 0 Å². The van der Waals surface area contributed by atoms with E-state index >= 15 is 0 Å². The van der Waals surface area contributed by atoms with Gasteiger partial charge < -0.3 is 4.98 Å². The first-order valence-electron chi connectivity index (χ1n) is 5.20. The van der Waals surface area contributed by atoms with E-state index in [-0.39, 0.29) is 0 Å². The van der Waals surface area contributed by atoms with Gasteiger partial charge in [0.25, 0.3) is 0 Å². The molecule has 3 heteroatoms. The van der Waals surface area contributed by atoms with E-state index in [1.165, 1.54) is 5.56 Å². The lowest BCUT2D eigenvalue weighted by atomic mass is 10.1. The second-order valence-corrected chi connectivity index (χ2v) is 4.56. The second kappa shape index (κ2) is 3.22. The molecule has 0 saturated heterocycles. The lowest BCUT2D eigenvalue weighted by molar-refractivity contribution is 1.29. The first-order valence-corrected chi connectivity index (χ1v) is 5.58. The molecule has 3 aromatic rings. The first kappa shape index (κ1) is 9.67. The van der Waals surface area contributed by atoms with Crippen LogP contribution in [0.25, 0.3) is 21.9 Å². The zero-order valence-corrected chi connectivity index (χ0v) is 9.89. The van der Waals surface area contributed by atoms with Crippen molar-refractivity contribution in [1.82, 2.24) is 9.97 Å². The molecule has 0 unspecified atom stereocenters. The van der Waals surface area contributed by atoms with Gasteiger partial charge in [0.05, 0.1) is 10.5 Å². The molecule has 1 aromatic carbocycles. The van der Waals surface area contributed by atoms with E-state index < -0.39 is 0 Å². The highest BCUT2D eigenvalue weighted by Crippen LogP contribution is 2.32. The Kier molecular flexibility index (Phi) is 1.95. The quantitative estimate of drug-likeness (QED) is 0.622. The van der Waals surface area contributed by atoms with E-state index in [0.29, 0.717) is 0 Å². The minimum atomic E-state index is 0.777. The van der Waals surface area contributed by atoms with Crippen LogP contribution in [0, 0.1) is 13.8 Å². The predicted molar refractivity (Wildman–Crippen MR) is 68.1 cm³/mol. The Morgan fingerprint density at radius 1 is 1.25 bits per heavy atom. The summed E-state index contributed by atoms with van der Waals surface area (Å²) in [5.74, 6) is 0. The minimum absolute atomic E-state index is 0.777. The average Bonchev–Trinajstić information content (AvgIpc) is 2.63. The number of pyridine rings is 1. The summed E-state index contributed by atoms with van der Waals surface area (Å²) < 4.78 is 0. The molecule has 0 aliphatic heterocycles. The van der Waals surface area contributed by atoms with Gasteiger partial charge >= 0.3 is 0 Å². The number of nitrogens with one attached hydrogen (secondary N) is 1. The molecule has 0 bridgehead atoms. The van der Waals surface area contributed by atoms with Gasteiger partial charge in [-0.2, -0.15) is 0 Å². The Morgan fingerprint density at radius 3 is 2.88 bits per heavy atom. The zero-order valence-electron chi connectivity index (χ0n) is 9.13. The molecular weight excluding hydrogens is 220 g/mol. The molecule has 2 heterocycles. The molecule has 0 radical (unpaired) electrons. The van der Waals surface area contributed by atoms with Gasteiger partial charge in [0, 0.05) is 17.0 Å². The monoisotopic (exact) mass is 230 g/mol. The summed E-state index contributed by atoms with van der Waals surface area (Å²) in [5, 5.41) is 2.95. The standard InChI is InChI=1S/C13H11ClN2/c1-7-5-9-11-10(14)4-3-8(2)12(11)16-13(9)15-6-7/h3-6H,1-2H3,(H,15,16). The SMILES string of the molecule is Cc1cnc2[nH]c3c(C)ccc(Cl)c3c2c1. The third-order valence-corrected chi connectivity index (χ3v) is 3.21. The highest BCUT2D eigenvalue weighted by Gasteiger charge is 2.10. The maximum Gasteiger partial charge on any atom is 0.138 e. The number of aromatic amines is 1. The molecule has 0 spiro atoms. The van der Waals surface area contributed by atoms with Crippen molar-refractivity contribution >= 4 is 33.5 Å². The van der Waals surface area contributed by atoms with Gasteiger partial charge in [0.1, 0.15) is 5.65 Å². The maximum absolute atomic E-state index is 6.25. The van der Waals surface area contributed by atoms with E-state index in [2.05, 4.69) is 23.0 Å². The maximum atomic E-state index is 6.25. The van der Waals surface area contributed by atoms with Gasteiger partial charge in [-0.25, -0.2) is 4.98 Å². The molecule has 1 N–H and O–H groups in total. The van der Waals surface area contributed by atoms with Gasteiger partial charge in [-0.15, -0.1) is 0 Å². The number of benzene rings is 1. The molecule has 0 saturated carbocycles. The van der Waals surface area contributed by atoms with E-state index in [9.17, 15) is 0 Å². The highest BCUT2D eigenvalue weighted by atomic mass is 35.5. The lowest BCUT2D eigenvalue weighted by Gasteiger charge is -1.98. The van der Waals surface area contributed by atoms with Crippen molar-refractivity contribution < 1.29 is 0 Å². The first-order chi connectivity index (χ1) is 7.66. The fraction of sp³-hybridized carbons (Fsp3) is 0.154. The van der Waals surface area contributed by atoms with Gasteiger partial charge in [-0.3, -0.25) is 0 Å². The lowest BCUT2D eigenvalue weighted by Crippen LogP contribution is -1.77. The number of hydrogen-bond acceptors (Lipinski definition) is 1. The molecule has 0 aliphatic carbocycles. The third-order valence-electron chi connectivity index (χ3n) is 2.90. The van der Waals surface area contributed by atoms with Gasteiger partial charge in [0.15, 0.2) is 0 Å². The van der Waals surface area contributed by atoms with Crippen molar-refractivity contribution in [3.63, 3.8) is 0 Å². The van der Waals surface area contributed by atoms with E-state index in [4.69, 9.17) is 11.6 Å². The summed E-state index contributed by atoms with van der Waals surface area (Å²) >= 11 is 6.25. The fourth-order valence-corrected chi connectivity index (χ4v) is 2.34. The average molecular weight is 231 g/mol. The topological polar surface area (TPSA) is 28.7 Å². The molecule has 0 aliphatic rings. The third kappa shape index (κ3) is 1.23. The van der Waals surface area contributed by atoms with Crippen LogP contribution in [0.5, 0.6) is 0 Å². The molecule has 2 aromatic heterocycles. The van der Waals surface area contributed by atoms with Crippen LogP contribution in [0.15, 0.2) is 24.4 Å². The van der Waals surface area contributed by atoms with Gasteiger partial charge in [0.2, 0.25) is 0 Å². The van der Waals surface area contributed by atoms with Crippen LogP contribution in [-0.4, -0.2) is 9.97 Å². The van der Waals surface area contributed by atoms with Crippen molar-refractivity contribution in [1.29, 1.82) is 0 Å². The van der Waals surface area contributed by atoms with Crippen molar-refractivity contribution in [2.75, 3.05) is 0 Å². The van der Waals surface area contributed by atoms with E-state index in [1.807, 2.05) is 25.3 Å². The zero-order chi connectivity index (χ0) is 11.3. The van der Waals surface area contributed by atoms with E-state index in [0.717, 1.165) is 32.5 Å². The van der Waals surface area contributed by atoms with Crippen molar-refractivity contribution in [3.05, 3.63) is 40.5 Å². The molecule has 0 fully saturated rings. The molecular formula is C13H11ClN2. The molecule has 80 valence electrons. The van der Waals surface area contributed by atoms with Crippen molar-refractivity contribution in [3.8, 4) is 0 Å². The summed E-state index contributed by atoms with van der Waals surface area (Å²) in [5.41, 5.74) is 4.32. The van der Waals surface area contributed by atoms with Crippen LogP contribution in [0.2, 0.25) is 5.02 Å². The number of rotatable bonds is 0. The summed E-state index contributed by atoms with van der Waals surface area (Å²) in [6.45, 7) is 4.11. The summed E-state index contributed by atoms with van der Waals surface area (Å²) in [6.07, 6.45) is 1.86. The smallest absolute Gasteiger partial charge is 0.138 e. The minimum Gasteiger partial charge on any atom is -0.339 e. The number of halogens is 1.